The highest BCUT2D eigenvalue weighted by Gasteiger charge is 2.19. The molecule has 0 aromatic carbocycles. The fourth-order valence-corrected chi connectivity index (χ4v) is 1.68. The van der Waals surface area contributed by atoms with Crippen molar-refractivity contribution in [1.82, 2.24) is 14.9 Å². The van der Waals surface area contributed by atoms with Crippen molar-refractivity contribution < 1.29 is 14.6 Å². The Morgan fingerprint density at radius 3 is 2.80 bits per heavy atom. The van der Waals surface area contributed by atoms with Crippen LogP contribution in [0.3, 0.4) is 0 Å². The van der Waals surface area contributed by atoms with E-state index in [0.717, 1.165) is 0 Å². The number of nitrogens with one attached hydrogen (secondary N) is 2. The molecule has 8 heteroatoms. The molecular formula is C12H19N3O5. The van der Waals surface area contributed by atoms with Crippen LogP contribution in [-0.4, -0.2) is 32.9 Å². The molecule has 0 atom stereocenters. The number of nitrogens with zero attached hydrogens (tertiary/aromatic N) is 1. The van der Waals surface area contributed by atoms with Gasteiger partial charge in [0.2, 0.25) is 0 Å². The molecule has 1 aromatic heterocycles. The molecule has 1 heterocycles. The Balaban J connectivity index is 2.30. The maximum Gasteiger partial charge on any atom is 0.405 e. The molecule has 1 aromatic rings. The number of aromatic nitrogens is 2. The van der Waals surface area contributed by atoms with E-state index in [4.69, 9.17) is 9.84 Å². The van der Waals surface area contributed by atoms with Gasteiger partial charge in [-0.15, -0.1) is 0 Å². The summed E-state index contributed by atoms with van der Waals surface area (Å²) in [4.78, 5) is 34.9. The zero-order valence-electron chi connectivity index (χ0n) is 11.5. The second-order valence-corrected chi connectivity index (χ2v) is 5.03. The van der Waals surface area contributed by atoms with Crippen molar-refractivity contribution >= 4 is 6.09 Å². The molecule has 1 rings (SSSR count). The minimum Gasteiger partial charge on any atom is -0.465 e. The summed E-state index contributed by atoms with van der Waals surface area (Å²) >= 11 is 0. The summed E-state index contributed by atoms with van der Waals surface area (Å²) in [7, 11) is 0. The molecular weight excluding hydrogens is 266 g/mol. The maximum atomic E-state index is 11.3. The summed E-state index contributed by atoms with van der Waals surface area (Å²) in [5.74, 6) is 0. The smallest absolute Gasteiger partial charge is 0.405 e. The quantitative estimate of drug-likeness (QED) is 0.625. The van der Waals surface area contributed by atoms with Gasteiger partial charge < -0.3 is 15.2 Å². The molecule has 0 fully saturated rings. The number of H-pyrrole nitrogens is 1. The molecule has 0 aliphatic carbocycles. The molecule has 0 bridgehead atoms. The minimum atomic E-state index is -1.06. The van der Waals surface area contributed by atoms with Gasteiger partial charge in [0.1, 0.15) is 6.73 Å². The van der Waals surface area contributed by atoms with Crippen LogP contribution in [0.5, 0.6) is 0 Å². The van der Waals surface area contributed by atoms with E-state index in [1.54, 1.807) is 13.8 Å². The van der Waals surface area contributed by atoms with Gasteiger partial charge in [0.15, 0.2) is 0 Å². The summed E-state index contributed by atoms with van der Waals surface area (Å²) < 4.78 is 6.54. The average molecular weight is 285 g/mol. The van der Waals surface area contributed by atoms with Crippen molar-refractivity contribution in [2.75, 3.05) is 6.61 Å². The van der Waals surface area contributed by atoms with E-state index in [0.29, 0.717) is 19.4 Å². The van der Waals surface area contributed by atoms with Crippen LogP contribution in [0.4, 0.5) is 4.79 Å². The van der Waals surface area contributed by atoms with Crippen molar-refractivity contribution in [3.05, 3.63) is 33.1 Å². The fraction of sp³-hybridized carbons (Fsp3) is 0.583. The summed E-state index contributed by atoms with van der Waals surface area (Å²) in [6, 6.07) is 1.24. The van der Waals surface area contributed by atoms with Crippen LogP contribution in [0.2, 0.25) is 0 Å². The van der Waals surface area contributed by atoms with Gasteiger partial charge in [-0.25, -0.2) is 9.59 Å². The van der Waals surface area contributed by atoms with Crippen LogP contribution in [0, 0.1) is 0 Å². The Labute approximate surface area is 115 Å². The van der Waals surface area contributed by atoms with E-state index in [1.165, 1.54) is 16.8 Å². The first kappa shape index (κ1) is 16.0. The topological polar surface area (TPSA) is 113 Å². The number of carbonyl (C=O) groups is 1. The molecule has 3 N–H and O–H groups in total. The molecule has 0 aliphatic rings. The lowest BCUT2D eigenvalue weighted by molar-refractivity contribution is 0.0672. The SMILES string of the molecule is CC(C)(CCCOCn1ccc(=O)[nH]c1=O)NC(=O)O. The Hall–Kier alpha value is -2.09. The molecule has 0 saturated heterocycles. The highest BCUT2D eigenvalue weighted by Crippen LogP contribution is 2.10. The molecule has 0 radical (unpaired) electrons. The first-order valence-electron chi connectivity index (χ1n) is 6.19. The summed E-state index contributed by atoms with van der Waals surface area (Å²) in [5, 5.41) is 11.1. The van der Waals surface area contributed by atoms with E-state index < -0.39 is 22.9 Å². The first-order valence-corrected chi connectivity index (χ1v) is 6.19. The van der Waals surface area contributed by atoms with Gasteiger partial charge in [-0.05, 0) is 26.7 Å². The second-order valence-electron chi connectivity index (χ2n) is 5.03. The number of hydrogen-bond acceptors (Lipinski definition) is 4. The zero-order valence-corrected chi connectivity index (χ0v) is 11.5. The third-order valence-corrected chi connectivity index (χ3v) is 2.66. The van der Waals surface area contributed by atoms with Crippen LogP contribution in [0.15, 0.2) is 21.9 Å². The number of ether oxygens (including phenoxy) is 1. The monoisotopic (exact) mass is 285 g/mol. The molecule has 8 nitrogen and oxygen atoms in total. The third-order valence-electron chi connectivity index (χ3n) is 2.66. The van der Waals surface area contributed by atoms with Crippen molar-refractivity contribution in [3.63, 3.8) is 0 Å². The lowest BCUT2D eigenvalue weighted by atomic mass is 9.99. The lowest BCUT2D eigenvalue weighted by Gasteiger charge is -2.24. The predicted molar refractivity (Wildman–Crippen MR) is 71.7 cm³/mol. The van der Waals surface area contributed by atoms with Crippen LogP contribution in [-0.2, 0) is 11.5 Å². The zero-order chi connectivity index (χ0) is 15.2. The Kier molecular flexibility index (Phi) is 5.51. The number of carboxylic acid groups (broad SMARTS) is 1. The lowest BCUT2D eigenvalue weighted by Crippen LogP contribution is -2.42. The van der Waals surface area contributed by atoms with Crippen LogP contribution >= 0.6 is 0 Å². The molecule has 0 unspecified atom stereocenters. The van der Waals surface area contributed by atoms with Gasteiger partial charge in [0.25, 0.3) is 5.56 Å². The molecule has 0 aliphatic heterocycles. The van der Waals surface area contributed by atoms with E-state index in [-0.39, 0.29) is 6.73 Å². The Morgan fingerprint density at radius 2 is 2.20 bits per heavy atom. The van der Waals surface area contributed by atoms with Gasteiger partial charge in [-0.3, -0.25) is 14.3 Å². The molecule has 0 spiro atoms. The molecule has 112 valence electrons. The van der Waals surface area contributed by atoms with Crippen molar-refractivity contribution in [3.8, 4) is 0 Å². The average Bonchev–Trinajstić information content (AvgIpc) is 2.29. The first-order chi connectivity index (χ1) is 9.30. The highest BCUT2D eigenvalue weighted by molar-refractivity contribution is 5.65. The number of hydrogen-bond donors (Lipinski definition) is 3. The normalized spacial score (nSPS) is 11.3. The van der Waals surface area contributed by atoms with Crippen LogP contribution in [0.25, 0.3) is 0 Å². The van der Waals surface area contributed by atoms with Gasteiger partial charge in [-0.1, -0.05) is 0 Å². The summed E-state index contributed by atoms with van der Waals surface area (Å²) in [6.07, 6.45) is 1.55. The highest BCUT2D eigenvalue weighted by atomic mass is 16.5. The van der Waals surface area contributed by atoms with E-state index in [1.807, 2.05) is 0 Å². The number of amides is 1. The molecule has 0 saturated carbocycles. The van der Waals surface area contributed by atoms with Gasteiger partial charge in [0.05, 0.1) is 0 Å². The second kappa shape index (κ2) is 6.90. The van der Waals surface area contributed by atoms with Crippen LogP contribution < -0.4 is 16.6 Å². The van der Waals surface area contributed by atoms with E-state index in [2.05, 4.69) is 10.3 Å². The standard InChI is InChI=1S/C12H19N3O5/c1-12(2,14-11(18)19)5-3-7-20-8-15-6-4-9(16)13-10(15)17/h4,6,14H,3,5,7-8H2,1-2H3,(H,18,19)(H,13,16,17). The van der Waals surface area contributed by atoms with Gasteiger partial charge in [-0.2, -0.15) is 0 Å². The molecule has 20 heavy (non-hydrogen) atoms. The largest absolute Gasteiger partial charge is 0.465 e. The fourth-order valence-electron chi connectivity index (χ4n) is 1.68. The van der Waals surface area contributed by atoms with Gasteiger partial charge in [0, 0.05) is 24.4 Å². The van der Waals surface area contributed by atoms with Crippen molar-refractivity contribution in [2.45, 2.75) is 39.0 Å². The predicted octanol–water partition coefficient (Wildman–Crippen LogP) is 0.337. The summed E-state index contributed by atoms with van der Waals surface area (Å²) in [6.45, 7) is 4.00. The Morgan fingerprint density at radius 1 is 1.50 bits per heavy atom. The Bertz CT molecular complexity index is 561. The maximum absolute atomic E-state index is 11.3. The molecule has 1 amide bonds. The minimum absolute atomic E-state index is 0.0440. The van der Waals surface area contributed by atoms with Crippen LogP contribution in [0.1, 0.15) is 26.7 Å². The number of aromatic amines is 1. The van der Waals surface area contributed by atoms with E-state index >= 15 is 0 Å². The van der Waals surface area contributed by atoms with Crippen molar-refractivity contribution in [2.24, 2.45) is 0 Å². The third kappa shape index (κ3) is 5.70. The number of rotatable bonds is 7. The van der Waals surface area contributed by atoms with E-state index in [9.17, 15) is 14.4 Å². The van der Waals surface area contributed by atoms with Gasteiger partial charge >= 0.3 is 11.8 Å². The summed E-state index contributed by atoms with van der Waals surface area (Å²) in [5.41, 5.74) is -1.50. The van der Waals surface area contributed by atoms with Crippen molar-refractivity contribution in [1.29, 1.82) is 0 Å².